The lowest BCUT2D eigenvalue weighted by Crippen LogP contribution is -2.49. The maximum atomic E-state index is 5.18. The Kier molecular flexibility index (Phi) is 2.85. The first-order chi connectivity index (χ1) is 6.55. The molecule has 0 amide bonds. The summed E-state index contributed by atoms with van der Waals surface area (Å²) >= 11 is 0. The fourth-order valence-electron chi connectivity index (χ4n) is 2.58. The second kappa shape index (κ2) is 3.82. The average Bonchev–Trinajstić information content (AvgIpc) is 2.43. The summed E-state index contributed by atoms with van der Waals surface area (Å²) in [5.74, 6) is 0.904. The molecule has 0 spiro atoms. The highest BCUT2D eigenvalue weighted by Crippen LogP contribution is 2.39. The van der Waals surface area contributed by atoms with E-state index in [4.69, 9.17) is 4.74 Å². The van der Waals surface area contributed by atoms with E-state index < -0.39 is 0 Å². The minimum atomic E-state index is 0.493. The standard InChI is InChI=1S/C12H23NO/c1-12(2,3)9-4-5-10(6-9)13-11-7-14-8-11/h9-11,13H,4-8H2,1-3H3/t9-,10-/m1/s1. The van der Waals surface area contributed by atoms with E-state index in [1.165, 1.54) is 19.3 Å². The van der Waals surface area contributed by atoms with E-state index in [9.17, 15) is 0 Å². The highest BCUT2D eigenvalue weighted by atomic mass is 16.5. The second-order valence-corrected chi connectivity index (χ2v) is 5.97. The molecule has 1 saturated carbocycles. The third-order valence-corrected chi connectivity index (χ3v) is 3.77. The van der Waals surface area contributed by atoms with Gasteiger partial charge >= 0.3 is 0 Å². The Labute approximate surface area is 87.4 Å². The van der Waals surface area contributed by atoms with E-state index in [1.54, 1.807) is 0 Å². The molecule has 2 rings (SSSR count). The summed E-state index contributed by atoms with van der Waals surface area (Å²) in [4.78, 5) is 0. The summed E-state index contributed by atoms with van der Waals surface area (Å²) in [5, 5.41) is 3.69. The number of hydrogen-bond acceptors (Lipinski definition) is 2. The van der Waals surface area contributed by atoms with Crippen molar-refractivity contribution in [1.82, 2.24) is 5.32 Å². The number of ether oxygens (including phenoxy) is 1. The van der Waals surface area contributed by atoms with E-state index in [2.05, 4.69) is 26.1 Å². The van der Waals surface area contributed by atoms with Crippen molar-refractivity contribution in [3.8, 4) is 0 Å². The van der Waals surface area contributed by atoms with Crippen molar-refractivity contribution >= 4 is 0 Å². The number of rotatable bonds is 2. The largest absolute Gasteiger partial charge is 0.378 e. The van der Waals surface area contributed by atoms with Crippen LogP contribution in [0.4, 0.5) is 0 Å². The fourth-order valence-corrected chi connectivity index (χ4v) is 2.58. The van der Waals surface area contributed by atoms with Gasteiger partial charge < -0.3 is 10.1 Å². The Hall–Kier alpha value is -0.0800. The fraction of sp³-hybridized carbons (Fsp3) is 1.00. The molecule has 2 aliphatic rings. The van der Waals surface area contributed by atoms with Crippen LogP contribution < -0.4 is 5.32 Å². The molecular formula is C12H23NO. The van der Waals surface area contributed by atoms with Crippen LogP contribution in [0.3, 0.4) is 0 Å². The molecule has 2 fully saturated rings. The summed E-state index contributed by atoms with van der Waals surface area (Å²) in [6.07, 6.45) is 4.12. The molecule has 82 valence electrons. The van der Waals surface area contributed by atoms with Crippen LogP contribution in [-0.2, 0) is 4.74 Å². The van der Waals surface area contributed by atoms with Crippen molar-refractivity contribution in [2.24, 2.45) is 11.3 Å². The molecule has 1 aliphatic heterocycles. The van der Waals surface area contributed by atoms with Gasteiger partial charge in [-0.1, -0.05) is 20.8 Å². The van der Waals surface area contributed by atoms with E-state index in [1.807, 2.05) is 0 Å². The Bertz CT molecular complexity index is 193. The van der Waals surface area contributed by atoms with E-state index in [0.29, 0.717) is 11.5 Å². The summed E-state index contributed by atoms with van der Waals surface area (Å²) in [7, 11) is 0. The minimum Gasteiger partial charge on any atom is -0.378 e. The molecule has 14 heavy (non-hydrogen) atoms. The monoisotopic (exact) mass is 197 g/mol. The van der Waals surface area contributed by atoms with Gasteiger partial charge in [-0.15, -0.1) is 0 Å². The lowest BCUT2D eigenvalue weighted by Gasteiger charge is -2.31. The van der Waals surface area contributed by atoms with Gasteiger partial charge in [-0.05, 0) is 30.6 Å². The summed E-state index contributed by atoms with van der Waals surface area (Å²) < 4.78 is 5.18. The smallest absolute Gasteiger partial charge is 0.0643 e. The molecule has 0 aromatic rings. The second-order valence-electron chi connectivity index (χ2n) is 5.97. The van der Waals surface area contributed by atoms with Crippen molar-refractivity contribution in [2.45, 2.75) is 52.1 Å². The lowest BCUT2D eigenvalue weighted by molar-refractivity contribution is -0.0101. The molecule has 0 radical (unpaired) electrons. The van der Waals surface area contributed by atoms with Crippen LogP contribution in [0.5, 0.6) is 0 Å². The molecule has 0 unspecified atom stereocenters. The van der Waals surface area contributed by atoms with Crippen LogP contribution in [0, 0.1) is 11.3 Å². The van der Waals surface area contributed by atoms with Gasteiger partial charge in [-0.3, -0.25) is 0 Å². The van der Waals surface area contributed by atoms with Gasteiger partial charge in [0.15, 0.2) is 0 Å². The molecule has 1 saturated heterocycles. The van der Waals surface area contributed by atoms with Crippen LogP contribution in [0.15, 0.2) is 0 Å². The van der Waals surface area contributed by atoms with Crippen molar-refractivity contribution in [2.75, 3.05) is 13.2 Å². The first-order valence-corrected chi connectivity index (χ1v) is 5.89. The Morgan fingerprint density at radius 1 is 1.07 bits per heavy atom. The summed E-state index contributed by atoms with van der Waals surface area (Å²) in [6.45, 7) is 8.96. The van der Waals surface area contributed by atoms with E-state index >= 15 is 0 Å². The summed E-state index contributed by atoms with van der Waals surface area (Å²) in [5.41, 5.74) is 0.493. The highest BCUT2D eigenvalue weighted by Gasteiger charge is 2.34. The van der Waals surface area contributed by atoms with E-state index in [0.717, 1.165) is 25.2 Å². The van der Waals surface area contributed by atoms with Crippen molar-refractivity contribution in [3.63, 3.8) is 0 Å². The van der Waals surface area contributed by atoms with Crippen LogP contribution >= 0.6 is 0 Å². The Morgan fingerprint density at radius 3 is 2.21 bits per heavy atom. The van der Waals surface area contributed by atoms with Crippen LogP contribution in [-0.4, -0.2) is 25.3 Å². The topological polar surface area (TPSA) is 21.3 Å². The maximum Gasteiger partial charge on any atom is 0.0643 e. The molecule has 0 aromatic heterocycles. The normalized spacial score (nSPS) is 34.5. The minimum absolute atomic E-state index is 0.493. The van der Waals surface area contributed by atoms with Gasteiger partial charge in [-0.2, -0.15) is 0 Å². The van der Waals surface area contributed by atoms with Crippen LogP contribution in [0.25, 0.3) is 0 Å². The molecule has 0 aromatic carbocycles. The van der Waals surface area contributed by atoms with Gasteiger partial charge in [0.05, 0.1) is 19.3 Å². The first kappa shape index (κ1) is 10.4. The average molecular weight is 197 g/mol. The zero-order chi connectivity index (χ0) is 10.2. The molecule has 0 bridgehead atoms. The molecule has 2 nitrogen and oxygen atoms in total. The molecular weight excluding hydrogens is 174 g/mol. The van der Waals surface area contributed by atoms with Gasteiger partial charge in [-0.25, -0.2) is 0 Å². The lowest BCUT2D eigenvalue weighted by atomic mass is 9.80. The van der Waals surface area contributed by atoms with Crippen LogP contribution in [0.2, 0.25) is 0 Å². The Balaban J connectivity index is 1.76. The molecule has 2 atom stereocenters. The third kappa shape index (κ3) is 2.29. The predicted octanol–water partition coefficient (Wildman–Crippen LogP) is 2.19. The Morgan fingerprint density at radius 2 is 1.79 bits per heavy atom. The van der Waals surface area contributed by atoms with Crippen LogP contribution in [0.1, 0.15) is 40.0 Å². The number of hydrogen-bond donors (Lipinski definition) is 1. The molecule has 1 heterocycles. The van der Waals surface area contributed by atoms with Crippen molar-refractivity contribution in [3.05, 3.63) is 0 Å². The third-order valence-electron chi connectivity index (χ3n) is 3.77. The molecule has 1 aliphatic carbocycles. The maximum absolute atomic E-state index is 5.18. The van der Waals surface area contributed by atoms with E-state index in [-0.39, 0.29) is 0 Å². The summed E-state index contributed by atoms with van der Waals surface area (Å²) in [6, 6.07) is 1.41. The quantitative estimate of drug-likeness (QED) is 0.732. The zero-order valence-corrected chi connectivity index (χ0v) is 9.68. The van der Waals surface area contributed by atoms with Gasteiger partial charge in [0.25, 0.3) is 0 Å². The zero-order valence-electron chi connectivity index (χ0n) is 9.68. The first-order valence-electron chi connectivity index (χ1n) is 5.89. The predicted molar refractivity (Wildman–Crippen MR) is 58.3 cm³/mol. The molecule has 1 N–H and O–H groups in total. The van der Waals surface area contributed by atoms with Crippen molar-refractivity contribution in [1.29, 1.82) is 0 Å². The highest BCUT2D eigenvalue weighted by molar-refractivity contribution is 4.89. The van der Waals surface area contributed by atoms with Crippen molar-refractivity contribution < 1.29 is 4.74 Å². The van der Waals surface area contributed by atoms with Gasteiger partial charge in [0.1, 0.15) is 0 Å². The molecule has 2 heteroatoms. The number of nitrogens with one attached hydrogen (secondary N) is 1. The SMILES string of the molecule is CC(C)(C)[C@@H]1CC[C@@H](NC2COC2)C1. The van der Waals surface area contributed by atoms with Gasteiger partial charge in [0.2, 0.25) is 0 Å². The van der Waals surface area contributed by atoms with Gasteiger partial charge in [0, 0.05) is 6.04 Å².